The molecule has 0 spiro atoms. The lowest BCUT2D eigenvalue weighted by Gasteiger charge is -2.26. The minimum absolute atomic E-state index is 0.286. The summed E-state index contributed by atoms with van der Waals surface area (Å²) in [5.41, 5.74) is 0. The van der Waals surface area contributed by atoms with Crippen molar-refractivity contribution in [1.82, 2.24) is 19.7 Å². The third-order valence-electron chi connectivity index (χ3n) is 3.08. The average molecular weight is 238 g/mol. The van der Waals surface area contributed by atoms with Gasteiger partial charge in [0.1, 0.15) is 12.2 Å². The van der Waals surface area contributed by atoms with Crippen LogP contribution in [0.4, 0.5) is 0 Å². The summed E-state index contributed by atoms with van der Waals surface area (Å²) in [5.74, 6) is 0.331. The van der Waals surface area contributed by atoms with Crippen LogP contribution in [0.25, 0.3) is 0 Å². The predicted octanol–water partition coefficient (Wildman–Crippen LogP) is 0.739. The minimum atomic E-state index is -0.698. The highest BCUT2D eigenvalue weighted by molar-refractivity contribution is 5.66. The maximum absolute atomic E-state index is 10.3. The zero-order valence-corrected chi connectivity index (χ0v) is 9.88. The Morgan fingerprint density at radius 1 is 1.35 bits per heavy atom. The van der Waals surface area contributed by atoms with Gasteiger partial charge in [0.25, 0.3) is 0 Å². The Kier molecular flexibility index (Phi) is 4.08. The number of carbonyl (C=O) groups is 1. The van der Waals surface area contributed by atoms with Crippen molar-refractivity contribution in [3.05, 3.63) is 12.2 Å². The molecule has 0 saturated heterocycles. The third-order valence-corrected chi connectivity index (χ3v) is 3.08. The monoisotopic (exact) mass is 238 g/mol. The van der Waals surface area contributed by atoms with Gasteiger partial charge in [-0.3, -0.25) is 9.69 Å². The fraction of sp³-hybridized carbons (Fsp3) is 0.727. The maximum Gasteiger partial charge on any atom is 0.303 e. The number of aromatic nitrogens is 3. The van der Waals surface area contributed by atoms with Gasteiger partial charge in [-0.2, -0.15) is 0 Å². The number of carboxylic acid groups (broad SMARTS) is 1. The normalized spacial score (nSPS) is 15.8. The van der Waals surface area contributed by atoms with Gasteiger partial charge in [-0.15, -0.1) is 10.2 Å². The highest BCUT2D eigenvalue weighted by Gasteiger charge is 2.16. The van der Waals surface area contributed by atoms with Crippen LogP contribution in [-0.4, -0.2) is 43.8 Å². The van der Waals surface area contributed by atoms with Gasteiger partial charge < -0.3 is 9.67 Å². The van der Waals surface area contributed by atoms with Crippen molar-refractivity contribution in [2.24, 2.45) is 0 Å². The summed E-state index contributed by atoms with van der Waals surface area (Å²) in [6, 6.07) is 0. The number of unbranched alkanes of at least 4 members (excludes halogenated alkanes) is 2. The molecule has 1 aromatic heterocycles. The summed E-state index contributed by atoms with van der Waals surface area (Å²) in [6.07, 6.45) is 4.88. The first kappa shape index (κ1) is 12.0. The van der Waals surface area contributed by atoms with Crippen LogP contribution in [0.1, 0.15) is 31.5 Å². The Labute approximate surface area is 100 Å². The molecule has 1 N–H and O–H groups in total. The number of fused-ring (bicyclic) bond motifs is 1. The number of nitrogens with zero attached hydrogens (tertiary/aromatic N) is 4. The van der Waals surface area contributed by atoms with Crippen molar-refractivity contribution >= 4 is 5.97 Å². The van der Waals surface area contributed by atoms with E-state index in [1.807, 2.05) is 0 Å². The standard InChI is InChI=1S/C11H18N4O2/c16-11(17)4-2-1-3-5-14-6-7-15-9-12-13-10(15)8-14/h9H,1-8H2,(H,16,17). The first-order chi connectivity index (χ1) is 8.25. The molecule has 6 nitrogen and oxygen atoms in total. The van der Waals surface area contributed by atoms with Gasteiger partial charge in [0.2, 0.25) is 0 Å². The first-order valence-electron chi connectivity index (χ1n) is 6.06. The number of rotatable bonds is 6. The molecule has 0 saturated carbocycles. The summed E-state index contributed by atoms with van der Waals surface area (Å²) >= 11 is 0. The van der Waals surface area contributed by atoms with Crippen LogP contribution in [0.15, 0.2) is 6.33 Å². The molecular weight excluding hydrogens is 220 g/mol. The molecule has 0 amide bonds. The Morgan fingerprint density at radius 3 is 3.06 bits per heavy atom. The fourth-order valence-electron chi connectivity index (χ4n) is 2.10. The van der Waals surface area contributed by atoms with Crippen LogP contribution in [0, 0.1) is 0 Å². The Balaban J connectivity index is 1.63. The lowest BCUT2D eigenvalue weighted by molar-refractivity contribution is -0.137. The first-order valence-corrected chi connectivity index (χ1v) is 6.06. The second-order valence-corrected chi connectivity index (χ2v) is 4.42. The van der Waals surface area contributed by atoms with Gasteiger partial charge in [-0.25, -0.2) is 0 Å². The van der Waals surface area contributed by atoms with E-state index in [0.29, 0.717) is 0 Å². The Morgan fingerprint density at radius 2 is 2.24 bits per heavy atom. The summed E-state index contributed by atoms with van der Waals surface area (Å²) in [5, 5.41) is 16.5. The van der Waals surface area contributed by atoms with E-state index in [-0.39, 0.29) is 6.42 Å². The van der Waals surface area contributed by atoms with Crippen molar-refractivity contribution in [3.8, 4) is 0 Å². The second kappa shape index (κ2) is 5.77. The van der Waals surface area contributed by atoms with Crippen molar-refractivity contribution < 1.29 is 9.90 Å². The molecule has 0 aromatic carbocycles. The molecule has 2 heterocycles. The van der Waals surface area contributed by atoms with E-state index in [1.165, 1.54) is 0 Å². The van der Waals surface area contributed by atoms with Gasteiger partial charge in [0.15, 0.2) is 0 Å². The number of aliphatic carboxylic acids is 1. The van der Waals surface area contributed by atoms with E-state index < -0.39 is 5.97 Å². The molecule has 94 valence electrons. The molecule has 17 heavy (non-hydrogen) atoms. The Hall–Kier alpha value is -1.43. The topological polar surface area (TPSA) is 71.2 Å². The Bertz CT molecular complexity index is 377. The summed E-state index contributed by atoms with van der Waals surface area (Å²) in [4.78, 5) is 12.7. The van der Waals surface area contributed by atoms with E-state index in [0.717, 1.165) is 51.3 Å². The molecule has 0 radical (unpaired) electrons. The minimum Gasteiger partial charge on any atom is -0.481 e. The SMILES string of the molecule is O=C(O)CCCCCN1CCn2cnnc2C1. The van der Waals surface area contributed by atoms with Gasteiger partial charge in [-0.1, -0.05) is 6.42 Å². The van der Waals surface area contributed by atoms with E-state index in [1.54, 1.807) is 6.33 Å². The fourth-order valence-corrected chi connectivity index (χ4v) is 2.10. The lowest BCUT2D eigenvalue weighted by Crippen LogP contribution is -2.34. The highest BCUT2D eigenvalue weighted by Crippen LogP contribution is 2.10. The molecule has 2 rings (SSSR count). The summed E-state index contributed by atoms with van der Waals surface area (Å²) < 4.78 is 2.08. The van der Waals surface area contributed by atoms with Crippen LogP contribution >= 0.6 is 0 Å². The zero-order chi connectivity index (χ0) is 12.1. The van der Waals surface area contributed by atoms with E-state index in [2.05, 4.69) is 19.7 Å². The summed E-state index contributed by atoms with van der Waals surface area (Å²) in [7, 11) is 0. The highest BCUT2D eigenvalue weighted by atomic mass is 16.4. The predicted molar refractivity (Wildman–Crippen MR) is 61.4 cm³/mol. The van der Waals surface area contributed by atoms with Crippen LogP contribution in [-0.2, 0) is 17.9 Å². The van der Waals surface area contributed by atoms with Gasteiger partial charge in [0.05, 0.1) is 6.54 Å². The quantitative estimate of drug-likeness (QED) is 0.740. The lowest BCUT2D eigenvalue weighted by atomic mass is 10.2. The summed E-state index contributed by atoms with van der Waals surface area (Å²) in [6.45, 7) is 3.87. The van der Waals surface area contributed by atoms with Gasteiger partial charge in [0, 0.05) is 19.5 Å². The van der Waals surface area contributed by atoms with Gasteiger partial charge in [-0.05, 0) is 19.4 Å². The maximum atomic E-state index is 10.3. The number of hydrogen-bond acceptors (Lipinski definition) is 4. The van der Waals surface area contributed by atoms with E-state index in [4.69, 9.17) is 5.11 Å². The molecule has 1 aliphatic heterocycles. The molecule has 1 aromatic rings. The van der Waals surface area contributed by atoms with Crippen molar-refractivity contribution in [2.45, 2.75) is 38.8 Å². The van der Waals surface area contributed by atoms with Crippen LogP contribution in [0.5, 0.6) is 0 Å². The zero-order valence-electron chi connectivity index (χ0n) is 9.88. The van der Waals surface area contributed by atoms with Crippen LogP contribution < -0.4 is 0 Å². The van der Waals surface area contributed by atoms with Crippen molar-refractivity contribution in [2.75, 3.05) is 13.1 Å². The second-order valence-electron chi connectivity index (χ2n) is 4.42. The van der Waals surface area contributed by atoms with Crippen molar-refractivity contribution in [3.63, 3.8) is 0 Å². The molecule has 6 heteroatoms. The van der Waals surface area contributed by atoms with Crippen molar-refractivity contribution in [1.29, 1.82) is 0 Å². The third kappa shape index (κ3) is 3.52. The van der Waals surface area contributed by atoms with Gasteiger partial charge >= 0.3 is 5.97 Å². The molecule has 0 fully saturated rings. The smallest absolute Gasteiger partial charge is 0.303 e. The molecule has 0 unspecified atom stereocenters. The number of carboxylic acids is 1. The van der Waals surface area contributed by atoms with Crippen LogP contribution in [0.2, 0.25) is 0 Å². The van der Waals surface area contributed by atoms with E-state index >= 15 is 0 Å². The molecule has 0 aliphatic carbocycles. The number of hydrogen-bond donors (Lipinski definition) is 1. The molecule has 1 aliphatic rings. The van der Waals surface area contributed by atoms with Crippen LogP contribution in [0.3, 0.4) is 0 Å². The van der Waals surface area contributed by atoms with E-state index in [9.17, 15) is 4.79 Å². The molecule has 0 atom stereocenters. The average Bonchev–Trinajstić information content (AvgIpc) is 2.75. The molecular formula is C11H18N4O2. The largest absolute Gasteiger partial charge is 0.481 e. The molecule has 0 bridgehead atoms.